The molecule has 0 atom stereocenters. The summed E-state index contributed by atoms with van der Waals surface area (Å²) in [5, 5.41) is 12.6. The normalized spacial score (nSPS) is 10.3. The van der Waals surface area contributed by atoms with Gasteiger partial charge in [0, 0.05) is 16.9 Å². The fourth-order valence-corrected chi connectivity index (χ4v) is 1.78. The standard InChI is InChI=1S/C13H12ClN3O2/c1-7-10(14)4-3-5-11(7)17-13-15-6-9(12(18)19)8(2)16-13/h3-6H,1-2H3,(H,18,19)(H,15,16,17). The SMILES string of the molecule is Cc1nc(Nc2cccc(Cl)c2C)ncc1C(=O)O. The quantitative estimate of drug-likeness (QED) is 0.901. The highest BCUT2D eigenvalue weighted by Crippen LogP contribution is 2.25. The molecule has 1 heterocycles. The number of nitrogens with zero attached hydrogens (tertiary/aromatic N) is 2. The second kappa shape index (κ2) is 5.24. The molecule has 0 amide bonds. The first-order valence-electron chi connectivity index (χ1n) is 5.58. The molecular weight excluding hydrogens is 266 g/mol. The smallest absolute Gasteiger partial charge is 0.339 e. The third-order valence-electron chi connectivity index (χ3n) is 2.72. The number of carboxylic acid groups (broad SMARTS) is 1. The highest BCUT2D eigenvalue weighted by Gasteiger charge is 2.10. The van der Waals surface area contributed by atoms with E-state index in [1.54, 1.807) is 13.0 Å². The largest absolute Gasteiger partial charge is 0.478 e. The van der Waals surface area contributed by atoms with Crippen LogP contribution in [0, 0.1) is 13.8 Å². The van der Waals surface area contributed by atoms with Gasteiger partial charge in [-0.25, -0.2) is 14.8 Å². The van der Waals surface area contributed by atoms with Crippen LogP contribution in [0.2, 0.25) is 5.02 Å². The molecule has 2 rings (SSSR count). The van der Waals surface area contributed by atoms with E-state index in [2.05, 4.69) is 15.3 Å². The Hall–Kier alpha value is -2.14. The molecule has 0 aliphatic carbocycles. The van der Waals surface area contributed by atoms with Gasteiger partial charge >= 0.3 is 5.97 Å². The van der Waals surface area contributed by atoms with Crippen molar-refractivity contribution < 1.29 is 9.90 Å². The molecule has 19 heavy (non-hydrogen) atoms. The van der Waals surface area contributed by atoms with Crippen molar-refractivity contribution in [2.75, 3.05) is 5.32 Å². The first-order valence-corrected chi connectivity index (χ1v) is 5.96. The molecule has 0 saturated heterocycles. The Kier molecular flexibility index (Phi) is 3.66. The molecule has 0 spiro atoms. The van der Waals surface area contributed by atoms with E-state index in [0.717, 1.165) is 11.3 Å². The summed E-state index contributed by atoms with van der Waals surface area (Å²) >= 11 is 6.02. The molecule has 0 unspecified atom stereocenters. The molecule has 98 valence electrons. The number of rotatable bonds is 3. The van der Waals surface area contributed by atoms with Crippen molar-refractivity contribution in [2.24, 2.45) is 0 Å². The second-order valence-corrected chi connectivity index (χ2v) is 4.44. The number of carboxylic acids is 1. The van der Waals surface area contributed by atoms with E-state index in [4.69, 9.17) is 16.7 Å². The number of halogens is 1. The van der Waals surface area contributed by atoms with Crippen LogP contribution in [0.15, 0.2) is 24.4 Å². The van der Waals surface area contributed by atoms with Gasteiger partial charge < -0.3 is 10.4 Å². The molecule has 0 aliphatic rings. The van der Waals surface area contributed by atoms with Crippen LogP contribution in [0.4, 0.5) is 11.6 Å². The van der Waals surface area contributed by atoms with Gasteiger partial charge in [-0.3, -0.25) is 0 Å². The molecule has 1 aromatic carbocycles. The van der Waals surface area contributed by atoms with Crippen LogP contribution in [0.3, 0.4) is 0 Å². The van der Waals surface area contributed by atoms with Crippen molar-refractivity contribution >= 4 is 29.2 Å². The van der Waals surface area contributed by atoms with Crippen molar-refractivity contribution in [1.82, 2.24) is 9.97 Å². The van der Waals surface area contributed by atoms with Gasteiger partial charge in [-0.05, 0) is 31.5 Å². The Balaban J connectivity index is 2.32. The number of carbonyl (C=O) groups is 1. The average Bonchev–Trinajstić information content (AvgIpc) is 2.34. The summed E-state index contributed by atoms with van der Waals surface area (Å²) in [5.74, 6) is -0.698. The summed E-state index contributed by atoms with van der Waals surface area (Å²) in [5.41, 5.74) is 2.17. The summed E-state index contributed by atoms with van der Waals surface area (Å²) in [6, 6.07) is 5.46. The molecule has 0 aliphatic heterocycles. The van der Waals surface area contributed by atoms with Gasteiger partial charge in [0.05, 0.1) is 11.3 Å². The lowest BCUT2D eigenvalue weighted by Crippen LogP contribution is -2.06. The lowest BCUT2D eigenvalue weighted by molar-refractivity contribution is 0.0695. The zero-order valence-electron chi connectivity index (χ0n) is 10.4. The Bertz CT molecular complexity index is 644. The molecule has 0 radical (unpaired) electrons. The summed E-state index contributed by atoms with van der Waals surface area (Å²) < 4.78 is 0. The fraction of sp³-hybridized carbons (Fsp3) is 0.154. The lowest BCUT2D eigenvalue weighted by Gasteiger charge is -2.10. The molecule has 0 bridgehead atoms. The number of benzene rings is 1. The number of hydrogen-bond donors (Lipinski definition) is 2. The molecule has 6 heteroatoms. The predicted octanol–water partition coefficient (Wildman–Crippen LogP) is 3.19. The van der Waals surface area contributed by atoms with Gasteiger partial charge in [0.25, 0.3) is 0 Å². The highest BCUT2D eigenvalue weighted by atomic mass is 35.5. The first kappa shape index (κ1) is 13.3. The van der Waals surface area contributed by atoms with Crippen molar-refractivity contribution in [3.8, 4) is 0 Å². The molecule has 0 saturated carbocycles. The maximum Gasteiger partial charge on any atom is 0.339 e. The van der Waals surface area contributed by atoms with Gasteiger partial charge in [-0.2, -0.15) is 0 Å². The zero-order valence-corrected chi connectivity index (χ0v) is 11.2. The van der Waals surface area contributed by atoms with E-state index >= 15 is 0 Å². The summed E-state index contributed by atoms with van der Waals surface area (Å²) in [6.45, 7) is 3.50. The average molecular weight is 278 g/mol. The predicted molar refractivity (Wildman–Crippen MR) is 73.2 cm³/mol. The highest BCUT2D eigenvalue weighted by molar-refractivity contribution is 6.31. The van der Waals surface area contributed by atoms with E-state index < -0.39 is 5.97 Å². The molecule has 2 aromatic rings. The van der Waals surface area contributed by atoms with Gasteiger partial charge in [-0.1, -0.05) is 17.7 Å². The summed E-state index contributed by atoms with van der Waals surface area (Å²) in [6.07, 6.45) is 1.28. The topological polar surface area (TPSA) is 75.1 Å². The van der Waals surface area contributed by atoms with E-state index in [1.807, 2.05) is 19.1 Å². The number of aromatic carboxylic acids is 1. The lowest BCUT2D eigenvalue weighted by atomic mass is 10.2. The zero-order chi connectivity index (χ0) is 14.0. The van der Waals surface area contributed by atoms with Crippen LogP contribution in [-0.4, -0.2) is 21.0 Å². The Morgan fingerprint density at radius 3 is 2.74 bits per heavy atom. The van der Waals surface area contributed by atoms with Crippen molar-refractivity contribution in [3.63, 3.8) is 0 Å². The summed E-state index contributed by atoms with van der Waals surface area (Å²) in [7, 11) is 0. The minimum absolute atomic E-state index is 0.0911. The third kappa shape index (κ3) is 2.82. The number of hydrogen-bond acceptors (Lipinski definition) is 4. The van der Waals surface area contributed by atoms with Gasteiger partial charge in [0.2, 0.25) is 5.95 Å². The third-order valence-corrected chi connectivity index (χ3v) is 3.13. The first-order chi connectivity index (χ1) is 8.99. The Morgan fingerprint density at radius 1 is 1.37 bits per heavy atom. The Morgan fingerprint density at radius 2 is 2.11 bits per heavy atom. The van der Waals surface area contributed by atoms with Crippen LogP contribution < -0.4 is 5.32 Å². The van der Waals surface area contributed by atoms with Crippen LogP contribution in [0.5, 0.6) is 0 Å². The summed E-state index contributed by atoms with van der Waals surface area (Å²) in [4.78, 5) is 19.0. The molecule has 0 fully saturated rings. The second-order valence-electron chi connectivity index (χ2n) is 4.04. The van der Waals surface area contributed by atoms with Gasteiger partial charge in [0.15, 0.2) is 0 Å². The number of aryl methyl sites for hydroxylation is 1. The number of anilines is 2. The molecular formula is C13H12ClN3O2. The monoisotopic (exact) mass is 277 g/mol. The van der Waals surface area contributed by atoms with E-state index in [1.165, 1.54) is 6.20 Å². The van der Waals surface area contributed by atoms with E-state index in [0.29, 0.717) is 16.7 Å². The van der Waals surface area contributed by atoms with E-state index in [-0.39, 0.29) is 5.56 Å². The van der Waals surface area contributed by atoms with Crippen LogP contribution >= 0.6 is 11.6 Å². The van der Waals surface area contributed by atoms with Gasteiger partial charge in [0.1, 0.15) is 0 Å². The van der Waals surface area contributed by atoms with Gasteiger partial charge in [-0.15, -0.1) is 0 Å². The van der Waals surface area contributed by atoms with Crippen LogP contribution in [0.1, 0.15) is 21.6 Å². The maximum absolute atomic E-state index is 10.9. The van der Waals surface area contributed by atoms with Crippen molar-refractivity contribution in [3.05, 3.63) is 46.2 Å². The van der Waals surface area contributed by atoms with Crippen LogP contribution in [0.25, 0.3) is 0 Å². The molecule has 1 aromatic heterocycles. The molecule has 2 N–H and O–H groups in total. The minimum atomic E-state index is -1.04. The maximum atomic E-state index is 10.9. The van der Waals surface area contributed by atoms with Crippen molar-refractivity contribution in [1.29, 1.82) is 0 Å². The van der Waals surface area contributed by atoms with E-state index in [9.17, 15) is 4.79 Å². The number of aromatic nitrogens is 2. The number of nitrogens with one attached hydrogen (secondary N) is 1. The molecule has 5 nitrogen and oxygen atoms in total. The Labute approximate surface area is 115 Å². The van der Waals surface area contributed by atoms with Crippen molar-refractivity contribution in [2.45, 2.75) is 13.8 Å². The minimum Gasteiger partial charge on any atom is -0.478 e. The van der Waals surface area contributed by atoms with Crippen LogP contribution in [-0.2, 0) is 0 Å². The fourth-order valence-electron chi connectivity index (χ4n) is 1.60.